The molecule has 4 nitrogen and oxygen atoms in total. The molecule has 0 saturated carbocycles. The highest BCUT2D eigenvalue weighted by atomic mass is 16.5. The van der Waals surface area contributed by atoms with Crippen LogP contribution in [0.4, 0.5) is 0 Å². The first kappa shape index (κ1) is 14.1. The van der Waals surface area contributed by atoms with E-state index in [2.05, 4.69) is 0 Å². The maximum absolute atomic E-state index is 11.4. The summed E-state index contributed by atoms with van der Waals surface area (Å²) in [4.78, 5) is 24.3. The van der Waals surface area contributed by atoms with E-state index in [-0.39, 0.29) is 24.6 Å². The lowest BCUT2D eigenvalue weighted by Gasteiger charge is -2.19. The number of carbonyl (C=O) groups excluding carboxylic acids is 2. The minimum atomic E-state index is -0.293. The fourth-order valence-corrected chi connectivity index (χ4v) is 1.01. The topological polar surface area (TPSA) is 46.6 Å². The number of nitrogens with zero attached hydrogens (tertiary/aromatic N) is 1. The van der Waals surface area contributed by atoms with Crippen molar-refractivity contribution in [3.8, 4) is 0 Å². The molecule has 0 radical (unpaired) electrons. The normalized spacial score (nSPS) is 10.8. The molecular weight excluding hydrogens is 194 g/mol. The third kappa shape index (κ3) is 7.08. The SMILES string of the molecule is CCOC(=O)CCC(=O)CN(C)C(C)C. The van der Waals surface area contributed by atoms with Crippen molar-refractivity contribution in [2.24, 2.45) is 0 Å². The van der Waals surface area contributed by atoms with Gasteiger partial charge in [0, 0.05) is 12.5 Å². The van der Waals surface area contributed by atoms with Crippen LogP contribution in [0, 0.1) is 0 Å². The fraction of sp³-hybridized carbons (Fsp3) is 0.818. The molecule has 15 heavy (non-hydrogen) atoms. The molecule has 0 amide bonds. The summed E-state index contributed by atoms with van der Waals surface area (Å²) in [7, 11) is 1.90. The first-order valence-corrected chi connectivity index (χ1v) is 5.35. The van der Waals surface area contributed by atoms with Gasteiger partial charge >= 0.3 is 5.97 Å². The Morgan fingerprint density at radius 3 is 2.33 bits per heavy atom. The fourth-order valence-electron chi connectivity index (χ4n) is 1.01. The molecule has 0 saturated heterocycles. The second kappa shape index (κ2) is 7.40. The highest BCUT2D eigenvalue weighted by Gasteiger charge is 2.11. The molecule has 0 heterocycles. The summed E-state index contributed by atoms with van der Waals surface area (Å²) in [5.41, 5.74) is 0. The average Bonchev–Trinajstić information content (AvgIpc) is 2.15. The number of ketones is 1. The smallest absolute Gasteiger partial charge is 0.306 e. The minimum Gasteiger partial charge on any atom is -0.466 e. The van der Waals surface area contributed by atoms with Crippen LogP contribution in [0.3, 0.4) is 0 Å². The first-order valence-electron chi connectivity index (χ1n) is 5.35. The molecule has 0 atom stereocenters. The lowest BCUT2D eigenvalue weighted by molar-refractivity contribution is -0.144. The Kier molecular flexibility index (Phi) is 6.96. The van der Waals surface area contributed by atoms with Crippen LogP contribution in [0.5, 0.6) is 0 Å². The van der Waals surface area contributed by atoms with Gasteiger partial charge in [-0.2, -0.15) is 0 Å². The summed E-state index contributed by atoms with van der Waals surface area (Å²) in [6.45, 7) is 6.58. The third-order valence-corrected chi connectivity index (χ3v) is 2.22. The van der Waals surface area contributed by atoms with Crippen molar-refractivity contribution in [1.82, 2.24) is 4.90 Å². The Hall–Kier alpha value is -0.900. The van der Waals surface area contributed by atoms with Crippen molar-refractivity contribution in [3.63, 3.8) is 0 Å². The Morgan fingerprint density at radius 2 is 1.87 bits per heavy atom. The van der Waals surface area contributed by atoms with E-state index in [0.29, 0.717) is 19.2 Å². The quantitative estimate of drug-likeness (QED) is 0.599. The largest absolute Gasteiger partial charge is 0.466 e. The summed E-state index contributed by atoms with van der Waals surface area (Å²) in [5, 5.41) is 0. The van der Waals surface area contributed by atoms with Crippen LogP contribution in [-0.2, 0) is 14.3 Å². The first-order chi connectivity index (χ1) is 6.97. The molecule has 0 N–H and O–H groups in total. The highest BCUT2D eigenvalue weighted by Crippen LogP contribution is 1.99. The van der Waals surface area contributed by atoms with Crippen molar-refractivity contribution in [1.29, 1.82) is 0 Å². The summed E-state index contributed by atoms with van der Waals surface area (Å²) >= 11 is 0. The maximum Gasteiger partial charge on any atom is 0.306 e. The number of carbonyl (C=O) groups is 2. The van der Waals surface area contributed by atoms with Gasteiger partial charge in [0.25, 0.3) is 0 Å². The summed E-state index contributed by atoms with van der Waals surface area (Å²) < 4.78 is 4.74. The van der Waals surface area contributed by atoms with Gasteiger partial charge in [-0.05, 0) is 27.8 Å². The van der Waals surface area contributed by atoms with Gasteiger partial charge in [-0.3, -0.25) is 14.5 Å². The zero-order valence-electron chi connectivity index (χ0n) is 10.1. The van der Waals surface area contributed by atoms with Crippen molar-refractivity contribution >= 4 is 11.8 Å². The van der Waals surface area contributed by atoms with Crippen molar-refractivity contribution in [2.75, 3.05) is 20.2 Å². The lowest BCUT2D eigenvalue weighted by Crippen LogP contribution is -2.32. The van der Waals surface area contributed by atoms with E-state index in [4.69, 9.17) is 4.74 Å². The molecule has 0 rings (SSSR count). The van der Waals surface area contributed by atoms with Crippen molar-refractivity contribution in [3.05, 3.63) is 0 Å². The number of hydrogen-bond acceptors (Lipinski definition) is 4. The second-order valence-electron chi connectivity index (χ2n) is 3.85. The van der Waals surface area contributed by atoms with Crippen LogP contribution in [0.1, 0.15) is 33.6 Å². The molecule has 0 aromatic rings. The van der Waals surface area contributed by atoms with E-state index < -0.39 is 0 Å². The van der Waals surface area contributed by atoms with Gasteiger partial charge in [0.05, 0.1) is 19.6 Å². The van der Waals surface area contributed by atoms with Crippen LogP contribution in [-0.4, -0.2) is 42.9 Å². The standard InChI is InChI=1S/C11H21NO3/c1-5-15-11(14)7-6-10(13)8-12(4)9(2)3/h9H,5-8H2,1-4H3. The van der Waals surface area contributed by atoms with Gasteiger partial charge in [0.1, 0.15) is 5.78 Å². The number of esters is 1. The van der Waals surface area contributed by atoms with Gasteiger partial charge in [0.2, 0.25) is 0 Å². The molecule has 0 unspecified atom stereocenters. The molecule has 0 aromatic carbocycles. The van der Waals surface area contributed by atoms with Gasteiger partial charge in [-0.15, -0.1) is 0 Å². The Balaban J connectivity index is 3.70. The molecular formula is C11H21NO3. The van der Waals surface area contributed by atoms with E-state index >= 15 is 0 Å². The number of likely N-dealkylation sites (N-methyl/N-ethyl adjacent to an activating group) is 1. The van der Waals surface area contributed by atoms with Crippen molar-refractivity contribution < 1.29 is 14.3 Å². The molecule has 0 spiro atoms. The number of ether oxygens (including phenoxy) is 1. The van der Waals surface area contributed by atoms with Crippen LogP contribution in [0.2, 0.25) is 0 Å². The molecule has 0 bridgehead atoms. The summed E-state index contributed by atoms with van der Waals surface area (Å²) in [6, 6.07) is 0.344. The number of rotatable bonds is 7. The van der Waals surface area contributed by atoms with Gasteiger partial charge in [-0.1, -0.05) is 0 Å². The van der Waals surface area contributed by atoms with E-state index in [1.54, 1.807) is 6.92 Å². The Bertz CT molecular complexity index is 214. The van der Waals surface area contributed by atoms with Crippen molar-refractivity contribution in [2.45, 2.75) is 39.7 Å². The second-order valence-corrected chi connectivity index (χ2v) is 3.85. The lowest BCUT2D eigenvalue weighted by atomic mass is 10.2. The number of hydrogen-bond donors (Lipinski definition) is 0. The third-order valence-electron chi connectivity index (χ3n) is 2.22. The van der Waals surface area contributed by atoms with Crippen LogP contribution in [0.25, 0.3) is 0 Å². The molecule has 0 aliphatic rings. The van der Waals surface area contributed by atoms with Gasteiger partial charge < -0.3 is 4.74 Å². The number of Topliss-reactive ketones (excluding diaryl/α,β-unsaturated/α-hetero) is 1. The predicted octanol–water partition coefficient (Wildman–Crippen LogP) is 1.24. The minimum absolute atomic E-state index is 0.0826. The summed E-state index contributed by atoms with van der Waals surface area (Å²) in [5.74, 6) is -0.211. The van der Waals surface area contributed by atoms with E-state index in [0.717, 1.165) is 0 Å². The molecule has 4 heteroatoms. The molecule has 0 aliphatic carbocycles. The average molecular weight is 215 g/mol. The molecule has 0 aromatic heterocycles. The van der Waals surface area contributed by atoms with E-state index in [9.17, 15) is 9.59 Å². The van der Waals surface area contributed by atoms with Gasteiger partial charge in [0.15, 0.2) is 0 Å². The molecule has 88 valence electrons. The van der Waals surface area contributed by atoms with E-state index in [1.165, 1.54) is 0 Å². The Labute approximate surface area is 91.6 Å². The molecule has 0 aliphatic heterocycles. The maximum atomic E-state index is 11.4. The van der Waals surface area contributed by atoms with Crippen LogP contribution in [0.15, 0.2) is 0 Å². The summed E-state index contributed by atoms with van der Waals surface area (Å²) in [6.07, 6.45) is 0.467. The monoisotopic (exact) mass is 215 g/mol. The molecule has 0 fully saturated rings. The zero-order chi connectivity index (χ0) is 11.8. The zero-order valence-corrected chi connectivity index (χ0v) is 10.1. The van der Waals surface area contributed by atoms with E-state index in [1.807, 2.05) is 25.8 Å². The highest BCUT2D eigenvalue weighted by molar-refractivity contribution is 5.84. The van der Waals surface area contributed by atoms with Crippen LogP contribution >= 0.6 is 0 Å². The van der Waals surface area contributed by atoms with Crippen LogP contribution < -0.4 is 0 Å². The predicted molar refractivity (Wildman–Crippen MR) is 58.6 cm³/mol. The Morgan fingerprint density at radius 1 is 1.27 bits per heavy atom. The van der Waals surface area contributed by atoms with Gasteiger partial charge in [-0.25, -0.2) is 0 Å².